The van der Waals surface area contributed by atoms with Crippen LogP contribution in [-0.2, 0) is 6.18 Å². The summed E-state index contributed by atoms with van der Waals surface area (Å²) in [5.41, 5.74) is -0.505. The first kappa shape index (κ1) is 6.52. The average Bonchev–Trinajstić information content (AvgIpc) is 2.42. The molecule has 0 aromatic carbocycles. The van der Waals surface area contributed by atoms with E-state index in [0.717, 1.165) is 6.07 Å². The van der Waals surface area contributed by atoms with Crippen LogP contribution in [0.1, 0.15) is 5.56 Å². The molecule has 2 heterocycles. The van der Waals surface area contributed by atoms with Crippen molar-refractivity contribution < 1.29 is 17.6 Å². The molecule has 4 heteroatoms. The van der Waals surface area contributed by atoms with Gasteiger partial charge in [0.05, 0.1) is 0 Å². The number of halogens is 3. The van der Waals surface area contributed by atoms with E-state index in [1.165, 1.54) is 12.1 Å². The van der Waals surface area contributed by atoms with Crippen LogP contribution in [0.3, 0.4) is 0 Å². The van der Waals surface area contributed by atoms with Crippen molar-refractivity contribution in [3.05, 3.63) is 23.8 Å². The highest BCUT2D eigenvalue weighted by Gasteiger charge is 2.34. The van der Waals surface area contributed by atoms with Crippen LogP contribution in [0.2, 0.25) is 0 Å². The van der Waals surface area contributed by atoms with Gasteiger partial charge in [-0.3, -0.25) is 0 Å². The molecule has 0 atom stereocenters. The average molecular weight is 160 g/mol. The molecule has 2 rings (SSSR count). The molecular weight excluding hydrogens is 157 g/mol. The maximum absolute atomic E-state index is 12.0. The van der Waals surface area contributed by atoms with Crippen LogP contribution >= 0.6 is 0 Å². The first-order valence-electron chi connectivity index (χ1n) is 2.96. The third-order valence-corrected chi connectivity index (χ3v) is 1.48. The van der Waals surface area contributed by atoms with Crippen molar-refractivity contribution in [1.82, 2.24) is 0 Å². The van der Waals surface area contributed by atoms with Gasteiger partial charge in [0.25, 0.3) is 0 Å². The predicted molar refractivity (Wildman–Crippen MR) is 32.4 cm³/mol. The topological polar surface area (TPSA) is 13.1 Å². The first-order chi connectivity index (χ1) is 5.07. The van der Waals surface area contributed by atoms with Crippen molar-refractivity contribution in [3.8, 4) is 0 Å². The van der Waals surface area contributed by atoms with Crippen LogP contribution < -0.4 is 0 Å². The lowest BCUT2D eigenvalue weighted by Gasteiger charge is -2.01. The molecule has 0 spiro atoms. The van der Waals surface area contributed by atoms with Gasteiger partial charge in [-0.25, -0.2) is 0 Å². The van der Waals surface area contributed by atoms with Crippen LogP contribution in [0, 0.1) is 0 Å². The molecule has 0 radical (unpaired) electrons. The van der Waals surface area contributed by atoms with Crippen LogP contribution in [0.5, 0.6) is 0 Å². The molecule has 0 unspecified atom stereocenters. The minimum absolute atomic E-state index is 0.0903. The van der Waals surface area contributed by atoms with Crippen molar-refractivity contribution in [2.45, 2.75) is 6.18 Å². The van der Waals surface area contributed by atoms with E-state index in [0.29, 0.717) is 0 Å². The van der Waals surface area contributed by atoms with E-state index in [1.807, 2.05) is 0 Å². The molecular formula is C7H3F3O. The number of hydrogen-bond acceptors (Lipinski definition) is 1. The number of rotatable bonds is 0. The minimum atomic E-state index is -4.29. The lowest BCUT2D eigenvalue weighted by Crippen LogP contribution is -2.03. The zero-order valence-electron chi connectivity index (χ0n) is 5.27. The Bertz CT molecular complexity index is 360. The molecule has 0 aliphatic rings. The zero-order valence-corrected chi connectivity index (χ0v) is 5.27. The van der Waals surface area contributed by atoms with Crippen molar-refractivity contribution >= 4 is 11.2 Å². The van der Waals surface area contributed by atoms with Gasteiger partial charge in [-0.15, -0.1) is 0 Å². The summed E-state index contributed by atoms with van der Waals surface area (Å²) in [7, 11) is 0. The number of alkyl halides is 3. The number of furan rings is 2. The highest BCUT2D eigenvalue weighted by Crippen LogP contribution is 2.36. The fourth-order valence-electron chi connectivity index (χ4n) is 1.01. The lowest BCUT2D eigenvalue weighted by molar-refractivity contribution is -0.136. The summed E-state index contributed by atoms with van der Waals surface area (Å²) >= 11 is 0. The standard InChI is InChI=1S/C7H3F3O/c8-7(9,10)5-3-4-1-2-6(5)11-4/h1-3H. The van der Waals surface area contributed by atoms with E-state index in [-0.39, 0.29) is 11.2 Å². The van der Waals surface area contributed by atoms with Crippen LogP contribution in [0.4, 0.5) is 13.2 Å². The van der Waals surface area contributed by atoms with Gasteiger partial charge in [-0.2, -0.15) is 13.2 Å². The molecule has 2 aromatic heterocycles. The Morgan fingerprint density at radius 2 is 1.91 bits per heavy atom. The molecule has 58 valence electrons. The predicted octanol–water partition coefficient (Wildman–Crippen LogP) is 2.89. The SMILES string of the molecule is FC(F)(F)c1cc2ccc1o2. The number of fused-ring (bicyclic) bond motifs is 2. The molecule has 0 aliphatic carbocycles. The monoisotopic (exact) mass is 160 g/mol. The Morgan fingerprint density at radius 1 is 1.18 bits per heavy atom. The first-order valence-corrected chi connectivity index (χ1v) is 2.96. The molecule has 0 saturated carbocycles. The maximum Gasteiger partial charge on any atom is 0.420 e. The molecule has 0 aliphatic heterocycles. The van der Waals surface area contributed by atoms with Gasteiger partial charge in [0.1, 0.15) is 16.7 Å². The largest absolute Gasteiger partial charge is 0.457 e. The highest BCUT2D eigenvalue weighted by molar-refractivity contribution is 5.66. The third kappa shape index (κ3) is 0.859. The maximum atomic E-state index is 12.0. The molecule has 2 aromatic rings. The molecule has 1 nitrogen and oxygen atoms in total. The van der Waals surface area contributed by atoms with E-state index in [1.54, 1.807) is 0 Å². The smallest absolute Gasteiger partial charge is 0.420 e. The fraction of sp³-hybridized carbons (Fsp3) is 0.143. The van der Waals surface area contributed by atoms with Crippen molar-refractivity contribution in [2.24, 2.45) is 0 Å². The van der Waals surface area contributed by atoms with E-state index in [9.17, 15) is 13.2 Å². The van der Waals surface area contributed by atoms with Gasteiger partial charge in [0.2, 0.25) is 0 Å². The van der Waals surface area contributed by atoms with Gasteiger partial charge >= 0.3 is 6.18 Å². The van der Waals surface area contributed by atoms with Gasteiger partial charge in [0.15, 0.2) is 0 Å². The van der Waals surface area contributed by atoms with E-state index in [4.69, 9.17) is 4.42 Å². The highest BCUT2D eigenvalue weighted by atomic mass is 19.4. The minimum Gasteiger partial charge on any atom is -0.457 e. The Labute approximate surface area is 59.7 Å². The molecule has 0 fully saturated rings. The summed E-state index contributed by atoms with van der Waals surface area (Å²) in [4.78, 5) is 0. The van der Waals surface area contributed by atoms with E-state index in [2.05, 4.69) is 0 Å². The number of hydrogen-bond donors (Lipinski definition) is 0. The van der Waals surface area contributed by atoms with Crippen molar-refractivity contribution in [2.75, 3.05) is 0 Å². The summed E-state index contributed by atoms with van der Waals surface area (Å²) in [6.45, 7) is 0. The van der Waals surface area contributed by atoms with Gasteiger partial charge in [-0.1, -0.05) is 0 Å². The molecule has 11 heavy (non-hydrogen) atoms. The summed E-state index contributed by atoms with van der Waals surface area (Å²) in [5.74, 6) is 0. The van der Waals surface area contributed by atoms with Gasteiger partial charge in [0, 0.05) is 0 Å². The molecule has 0 saturated heterocycles. The van der Waals surface area contributed by atoms with Crippen LogP contribution in [0.25, 0.3) is 11.2 Å². The fourth-order valence-corrected chi connectivity index (χ4v) is 1.01. The van der Waals surface area contributed by atoms with Gasteiger partial charge < -0.3 is 4.42 Å². The Hall–Kier alpha value is -1.19. The van der Waals surface area contributed by atoms with Crippen LogP contribution in [-0.4, -0.2) is 0 Å². The molecule has 2 bridgehead atoms. The van der Waals surface area contributed by atoms with Crippen LogP contribution in [0.15, 0.2) is 22.6 Å². The van der Waals surface area contributed by atoms with E-state index >= 15 is 0 Å². The normalized spacial score (nSPS) is 13.0. The second kappa shape index (κ2) is 1.69. The summed E-state index contributed by atoms with van der Waals surface area (Å²) in [5, 5.41) is 0. The van der Waals surface area contributed by atoms with E-state index < -0.39 is 11.7 Å². The number of benzene rings is 1. The van der Waals surface area contributed by atoms with Crippen molar-refractivity contribution in [1.29, 1.82) is 0 Å². The second-order valence-corrected chi connectivity index (χ2v) is 2.26. The Kier molecular flexibility index (Phi) is 1.00. The molecule has 0 N–H and O–H groups in total. The lowest BCUT2D eigenvalue weighted by atomic mass is 10.2. The third-order valence-electron chi connectivity index (χ3n) is 1.48. The van der Waals surface area contributed by atoms with Crippen molar-refractivity contribution in [3.63, 3.8) is 0 Å². The second-order valence-electron chi connectivity index (χ2n) is 2.26. The summed E-state index contributed by atoms with van der Waals surface area (Å²) < 4.78 is 40.7. The summed E-state index contributed by atoms with van der Waals surface area (Å²) in [6, 6.07) is 3.82. The molecule has 0 amide bonds. The summed E-state index contributed by atoms with van der Waals surface area (Å²) in [6.07, 6.45) is -4.29. The Balaban J connectivity index is 2.63. The Morgan fingerprint density at radius 3 is 2.18 bits per heavy atom. The quantitative estimate of drug-likeness (QED) is 0.577. The zero-order chi connectivity index (χ0) is 8.06. The van der Waals surface area contributed by atoms with Gasteiger partial charge in [-0.05, 0) is 18.2 Å².